The fourth-order valence-corrected chi connectivity index (χ4v) is 2.55. The highest BCUT2D eigenvalue weighted by Gasteiger charge is 2.20. The molecule has 20 heavy (non-hydrogen) atoms. The molecule has 110 valence electrons. The van der Waals surface area contributed by atoms with Gasteiger partial charge in [-0.1, -0.05) is 11.2 Å². The van der Waals surface area contributed by atoms with Crippen LogP contribution in [0.2, 0.25) is 0 Å². The third kappa shape index (κ3) is 3.46. The first-order chi connectivity index (χ1) is 9.63. The number of nitrogens with zero attached hydrogens (tertiary/aromatic N) is 2. The highest BCUT2D eigenvalue weighted by molar-refractivity contribution is 5.98. The quantitative estimate of drug-likeness (QED) is 0.334. The number of benzene rings is 1. The molecule has 0 aliphatic carbocycles. The number of amidine groups is 1. The van der Waals surface area contributed by atoms with E-state index in [2.05, 4.69) is 10.1 Å². The van der Waals surface area contributed by atoms with Gasteiger partial charge in [0.2, 0.25) is 0 Å². The Morgan fingerprint density at radius 1 is 1.40 bits per heavy atom. The van der Waals surface area contributed by atoms with Gasteiger partial charge in [0, 0.05) is 18.7 Å². The number of aliphatic hydroxyl groups excluding tert-OH is 1. The van der Waals surface area contributed by atoms with E-state index in [4.69, 9.17) is 16.0 Å². The van der Waals surface area contributed by atoms with E-state index < -0.39 is 5.82 Å². The zero-order valence-electron chi connectivity index (χ0n) is 11.3. The van der Waals surface area contributed by atoms with Gasteiger partial charge in [0.05, 0.1) is 0 Å². The third-order valence-corrected chi connectivity index (χ3v) is 3.81. The van der Waals surface area contributed by atoms with E-state index in [-0.39, 0.29) is 12.4 Å². The van der Waals surface area contributed by atoms with Crippen LogP contribution in [0.3, 0.4) is 0 Å². The van der Waals surface area contributed by atoms with E-state index in [0.29, 0.717) is 18.0 Å². The molecule has 0 bridgehead atoms. The topological polar surface area (TPSA) is 82.1 Å². The molecule has 0 amide bonds. The molecule has 0 aromatic heterocycles. The van der Waals surface area contributed by atoms with Gasteiger partial charge in [-0.15, -0.1) is 0 Å². The van der Waals surface area contributed by atoms with Crippen molar-refractivity contribution >= 4 is 5.84 Å². The summed E-state index contributed by atoms with van der Waals surface area (Å²) in [6.07, 6.45) is 1.91. The number of likely N-dealkylation sites (tertiary alicyclic amines) is 1. The van der Waals surface area contributed by atoms with E-state index in [1.54, 1.807) is 6.07 Å². The fourth-order valence-electron chi connectivity index (χ4n) is 2.55. The first-order valence-electron chi connectivity index (χ1n) is 6.73. The molecule has 2 rings (SSSR count). The zero-order valence-corrected chi connectivity index (χ0v) is 11.3. The predicted molar refractivity (Wildman–Crippen MR) is 74.0 cm³/mol. The van der Waals surface area contributed by atoms with Crippen molar-refractivity contribution in [3.05, 3.63) is 35.1 Å². The van der Waals surface area contributed by atoms with Crippen molar-refractivity contribution in [1.82, 2.24) is 4.90 Å². The summed E-state index contributed by atoms with van der Waals surface area (Å²) >= 11 is 0. The Labute approximate surface area is 117 Å². The Bertz CT molecular complexity index is 485. The third-order valence-electron chi connectivity index (χ3n) is 3.81. The van der Waals surface area contributed by atoms with Crippen LogP contribution in [0.5, 0.6) is 0 Å². The van der Waals surface area contributed by atoms with E-state index >= 15 is 0 Å². The van der Waals surface area contributed by atoms with Gasteiger partial charge in [0.15, 0.2) is 5.84 Å². The number of nitrogens with two attached hydrogens (primary N) is 1. The summed E-state index contributed by atoms with van der Waals surface area (Å²) in [4.78, 5) is 2.23. The van der Waals surface area contributed by atoms with Crippen LogP contribution in [-0.4, -0.2) is 40.7 Å². The second-order valence-corrected chi connectivity index (χ2v) is 5.19. The molecule has 1 aromatic carbocycles. The highest BCUT2D eigenvalue weighted by atomic mass is 19.1. The normalized spacial score (nSPS) is 18.4. The summed E-state index contributed by atoms with van der Waals surface area (Å²) in [7, 11) is 0. The number of hydrogen-bond acceptors (Lipinski definition) is 4. The average Bonchev–Trinajstić information content (AvgIpc) is 2.49. The minimum Gasteiger partial charge on any atom is -0.409 e. The van der Waals surface area contributed by atoms with Gasteiger partial charge in [-0.3, -0.25) is 4.90 Å². The van der Waals surface area contributed by atoms with Crippen LogP contribution in [0.25, 0.3) is 0 Å². The first kappa shape index (κ1) is 14.7. The summed E-state index contributed by atoms with van der Waals surface area (Å²) in [5.41, 5.74) is 6.86. The monoisotopic (exact) mass is 281 g/mol. The summed E-state index contributed by atoms with van der Waals surface area (Å²) in [6.45, 7) is 2.64. The molecule has 1 fully saturated rings. The molecule has 1 aromatic rings. The molecule has 1 aliphatic heterocycles. The van der Waals surface area contributed by atoms with Crippen molar-refractivity contribution in [2.24, 2.45) is 16.8 Å². The summed E-state index contributed by atoms with van der Waals surface area (Å²) in [5, 5.41) is 20.9. The Kier molecular flexibility index (Phi) is 4.92. The van der Waals surface area contributed by atoms with E-state index in [9.17, 15) is 4.39 Å². The average molecular weight is 281 g/mol. The molecule has 0 atom stereocenters. The molecule has 1 aliphatic rings. The SMILES string of the molecule is NC(=NO)c1cc(F)ccc1CN1CCC(CO)CC1. The Balaban J connectivity index is 2.10. The van der Waals surface area contributed by atoms with Gasteiger partial charge in [0.1, 0.15) is 5.82 Å². The smallest absolute Gasteiger partial charge is 0.170 e. The van der Waals surface area contributed by atoms with Crippen molar-refractivity contribution in [2.45, 2.75) is 19.4 Å². The minimum absolute atomic E-state index is 0.0789. The Hall–Kier alpha value is -1.66. The lowest BCUT2D eigenvalue weighted by Gasteiger charge is -2.31. The highest BCUT2D eigenvalue weighted by Crippen LogP contribution is 2.20. The van der Waals surface area contributed by atoms with Crippen molar-refractivity contribution in [1.29, 1.82) is 0 Å². The number of rotatable bonds is 4. The number of halogens is 1. The standard InChI is InChI=1S/C14H20FN3O2/c15-12-2-1-11(13(7-12)14(16)17-20)8-18-5-3-10(9-19)4-6-18/h1-2,7,10,19-20H,3-6,8-9H2,(H2,16,17). The lowest BCUT2D eigenvalue weighted by atomic mass is 9.97. The van der Waals surface area contributed by atoms with E-state index in [1.165, 1.54) is 12.1 Å². The van der Waals surface area contributed by atoms with Gasteiger partial charge >= 0.3 is 0 Å². The van der Waals surface area contributed by atoms with Gasteiger partial charge in [-0.25, -0.2) is 4.39 Å². The Morgan fingerprint density at radius 2 is 2.10 bits per heavy atom. The molecule has 4 N–H and O–H groups in total. The second kappa shape index (κ2) is 6.67. The van der Waals surface area contributed by atoms with Gasteiger partial charge in [-0.05, 0) is 49.5 Å². The number of piperidine rings is 1. The van der Waals surface area contributed by atoms with Crippen LogP contribution in [0.15, 0.2) is 23.4 Å². The predicted octanol–water partition coefficient (Wildman–Crippen LogP) is 1.12. The summed E-state index contributed by atoms with van der Waals surface area (Å²) in [6, 6.07) is 4.33. The largest absolute Gasteiger partial charge is 0.409 e. The van der Waals surface area contributed by atoms with Gasteiger partial charge in [-0.2, -0.15) is 0 Å². The lowest BCUT2D eigenvalue weighted by Crippen LogP contribution is -2.35. The molecule has 1 heterocycles. The van der Waals surface area contributed by atoms with Crippen molar-refractivity contribution < 1.29 is 14.7 Å². The summed E-state index contributed by atoms with van der Waals surface area (Å²) in [5.74, 6) is -0.109. The first-order valence-corrected chi connectivity index (χ1v) is 6.73. The molecule has 5 nitrogen and oxygen atoms in total. The minimum atomic E-state index is -0.408. The maximum atomic E-state index is 13.3. The molecule has 0 radical (unpaired) electrons. The molecule has 0 unspecified atom stereocenters. The van der Waals surface area contributed by atoms with Gasteiger partial charge < -0.3 is 16.0 Å². The number of aliphatic hydroxyl groups is 1. The van der Waals surface area contributed by atoms with E-state index in [1.807, 2.05) is 0 Å². The number of oxime groups is 1. The molecular weight excluding hydrogens is 261 g/mol. The van der Waals surface area contributed by atoms with Crippen LogP contribution >= 0.6 is 0 Å². The number of hydrogen-bond donors (Lipinski definition) is 3. The fraction of sp³-hybridized carbons (Fsp3) is 0.500. The van der Waals surface area contributed by atoms with Gasteiger partial charge in [0.25, 0.3) is 0 Å². The Morgan fingerprint density at radius 3 is 2.70 bits per heavy atom. The second-order valence-electron chi connectivity index (χ2n) is 5.19. The zero-order chi connectivity index (χ0) is 14.5. The van der Waals surface area contributed by atoms with Crippen LogP contribution < -0.4 is 5.73 Å². The van der Waals surface area contributed by atoms with E-state index in [0.717, 1.165) is 31.5 Å². The lowest BCUT2D eigenvalue weighted by molar-refractivity contribution is 0.127. The van der Waals surface area contributed by atoms with Crippen LogP contribution in [0.4, 0.5) is 4.39 Å². The maximum Gasteiger partial charge on any atom is 0.170 e. The molecule has 0 saturated carbocycles. The molecule has 0 spiro atoms. The van der Waals surface area contributed by atoms with Crippen molar-refractivity contribution in [2.75, 3.05) is 19.7 Å². The summed E-state index contributed by atoms with van der Waals surface area (Å²) < 4.78 is 13.3. The van der Waals surface area contributed by atoms with Crippen molar-refractivity contribution in [3.8, 4) is 0 Å². The molecular formula is C14H20FN3O2. The van der Waals surface area contributed by atoms with Crippen LogP contribution in [0, 0.1) is 11.7 Å². The molecule has 1 saturated heterocycles. The van der Waals surface area contributed by atoms with Crippen LogP contribution in [-0.2, 0) is 6.54 Å². The van der Waals surface area contributed by atoms with Crippen molar-refractivity contribution in [3.63, 3.8) is 0 Å². The molecule has 6 heteroatoms. The maximum absolute atomic E-state index is 13.3. The van der Waals surface area contributed by atoms with Crippen LogP contribution in [0.1, 0.15) is 24.0 Å².